The number of hydrogen-bond donors (Lipinski definition) is 2. The summed E-state index contributed by atoms with van der Waals surface area (Å²) in [5, 5.41) is 5.92. The van der Waals surface area contributed by atoms with Gasteiger partial charge in [0.1, 0.15) is 30.5 Å². The summed E-state index contributed by atoms with van der Waals surface area (Å²) in [6.45, 7) is 5.38. The van der Waals surface area contributed by atoms with Crippen LogP contribution in [0.1, 0.15) is 24.2 Å². The predicted octanol–water partition coefficient (Wildman–Crippen LogP) is 5.31. The number of ether oxygens (including phenoxy) is 3. The van der Waals surface area contributed by atoms with Crippen LogP contribution in [0.2, 0.25) is 0 Å². The Hall–Kier alpha value is -3.58. The lowest BCUT2D eigenvalue weighted by molar-refractivity contribution is 0.0972. The summed E-state index contributed by atoms with van der Waals surface area (Å²) in [4.78, 5) is 12.8. The number of carbonyl (C=O) groups is 1. The maximum absolute atomic E-state index is 12.8. The van der Waals surface area contributed by atoms with Crippen molar-refractivity contribution < 1.29 is 19.0 Å². The predicted molar refractivity (Wildman–Crippen MR) is 134 cm³/mol. The molecule has 1 amide bonds. The van der Waals surface area contributed by atoms with Gasteiger partial charge in [-0.05, 0) is 54.5 Å². The van der Waals surface area contributed by atoms with E-state index in [9.17, 15) is 4.79 Å². The molecule has 7 heteroatoms. The number of rotatable bonds is 10. The molecule has 0 aliphatic carbocycles. The molecule has 0 saturated heterocycles. The second kappa shape index (κ2) is 12.5. The van der Waals surface area contributed by atoms with Crippen LogP contribution in [-0.2, 0) is 0 Å². The van der Waals surface area contributed by atoms with E-state index in [4.69, 9.17) is 26.4 Å². The molecule has 0 aliphatic rings. The average Bonchev–Trinajstić information content (AvgIpc) is 2.82. The van der Waals surface area contributed by atoms with E-state index in [-0.39, 0.29) is 11.0 Å². The van der Waals surface area contributed by atoms with Crippen molar-refractivity contribution in [2.45, 2.75) is 13.8 Å². The Kier molecular flexibility index (Phi) is 9.08. The first kappa shape index (κ1) is 24.1. The molecule has 0 bridgehead atoms. The van der Waals surface area contributed by atoms with Crippen LogP contribution < -0.4 is 24.8 Å². The summed E-state index contributed by atoms with van der Waals surface area (Å²) in [6, 6.07) is 24.0. The molecule has 2 N–H and O–H groups in total. The Bertz CT molecular complexity index is 1060. The third-order valence-electron chi connectivity index (χ3n) is 4.42. The highest BCUT2D eigenvalue weighted by Gasteiger charge is 2.15. The molecule has 0 saturated carbocycles. The number of hydrogen-bond acceptors (Lipinski definition) is 5. The maximum Gasteiger partial charge on any atom is 0.261 e. The lowest BCUT2D eigenvalue weighted by Crippen LogP contribution is -2.34. The highest BCUT2D eigenvalue weighted by molar-refractivity contribution is 7.80. The largest absolute Gasteiger partial charge is 0.491 e. The van der Waals surface area contributed by atoms with Gasteiger partial charge >= 0.3 is 0 Å². The molecule has 3 aromatic rings. The zero-order valence-corrected chi connectivity index (χ0v) is 19.6. The van der Waals surface area contributed by atoms with E-state index in [2.05, 4.69) is 24.5 Å². The van der Waals surface area contributed by atoms with Crippen molar-refractivity contribution in [3.8, 4) is 17.2 Å². The van der Waals surface area contributed by atoms with E-state index in [1.54, 1.807) is 18.2 Å². The van der Waals surface area contributed by atoms with Crippen LogP contribution >= 0.6 is 12.2 Å². The molecule has 3 aromatic carbocycles. The molecule has 0 fully saturated rings. The van der Waals surface area contributed by atoms with Gasteiger partial charge in [-0.1, -0.05) is 56.3 Å². The van der Waals surface area contributed by atoms with Crippen molar-refractivity contribution >= 4 is 28.9 Å². The fraction of sp³-hybridized carbons (Fsp3) is 0.231. The lowest BCUT2D eigenvalue weighted by Gasteiger charge is -2.16. The number of benzene rings is 3. The molecule has 0 unspecified atom stereocenters. The molecule has 0 atom stereocenters. The van der Waals surface area contributed by atoms with Crippen molar-refractivity contribution in [1.29, 1.82) is 0 Å². The molecular formula is C26H28N2O4S. The zero-order chi connectivity index (χ0) is 23.5. The standard InChI is InChI=1S/C26H28N2O4S/c1-19(2)18-32-24-15-9-7-13-22(24)27-26(33)28-25(29)21-12-6-8-14-23(21)31-17-16-30-20-10-4-3-5-11-20/h3-15,19H,16-18H2,1-2H3,(H2,27,28,29,33). The minimum atomic E-state index is -0.368. The van der Waals surface area contributed by atoms with Gasteiger partial charge in [-0.3, -0.25) is 10.1 Å². The van der Waals surface area contributed by atoms with E-state index in [1.807, 2.05) is 60.7 Å². The summed E-state index contributed by atoms with van der Waals surface area (Å²) in [5.41, 5.74) is 1.07. The lowest BCUT2D eigenvalue weighted by atomic mass is 10.2. The van der Waals surface area contributed by atoms with Crippen molar-refractivity contribution in [2.75, 3.05) is 25.1 Å². The fourth-order valence-corrected chi connectivity index (χ4v) is 3.09. The van der Waals surface area contributed by atoms with Gasteiger partial charge < -0.3 is 19.5 Å². The minimum Gasteiger partial charge on any atom is -0.491 e. The Morgan fingerprint density at radius 1 is 0.818 bits per heavy atom. The molecule has 33 heavy (non-hydrogen) atoms. The summed E-state index contributed by atoms with van der Waals surface area (Å²) in [7, 11) is 0. The van der Waals surface area contributed by atoms with Crippen molar-refractivity contribution in [3.63, 3.8) is 0 Å². The first-order valence-corrected chi connectivity index (χ1v) is 11.2. The van der Waals surface area contributed by atoms with Crippen LogP contribution in [0.25, 0.3) is 0 Å². The second-order valence-corrected chi connectivity index (χ2v) is 8.02. The summed E-state index contributed by atoms with van der Waals surface area (Å²) < 4.78 is 17.2. The van der Waals surface area contributed by atoms with Crippen LogP contribution in [0.4, 0.5) is 5.69 Å². The number of amides is 1. The first-order chi connectivity index (χ1) is 16.0. The zero-order valence-electron chi connectivity index (χ0n) is 18.7. The highest BCUT2D eigenvalue weighted by Crippen LogP contribution is 2.24. The SMILES string of the molecule is CC(C)COc1ccccc1NC(=S)NC(=O)c1ccccc1OCCOc1ccccc1. The normalized spacial score (nSPS) is 10.4. The van der Waals surface area contributed by atoms with Gasteiger partial charge in [-0.25, -0.2) is 0 Å². The van der Waals surface area contributed by atoms with E-state index < -0.39 is 0 Å². The Labute approximate surface area is 199 Å². The summed E-state index contributed by atoms with van der Waals surface area (Å²) >= 11 is 5.35. The molecule has 0 aliphatic heterocycles. The van der Waals surface area contributed by atoms with Crippen molar-refractivity contribution in [1.82, 2.24) is 5.32 Å². The van der Waals surface area contributed by atoms with Gasteiger partial charge in [0.05, 0.1) is 17.9 Å². The number of para-hydroxylation sites is 4. The van der Waals surface area contributed by atoms with Gasteiger partial charge in [0.25, 0.3) is 5.91 Å². The highest BCUT2D eigenvalue weighted by atomic mass is 32.1. The van der Waals surface area contributed by atoms with Crippen molar-refractivity contribution in [2.24, 2.45) is 5.92 Å². The smallest absolute Gasteiger partial charge is 0.261 e. The molecule has 0 spiro atoms. The van der Waals surface area contributed by atoms with Crippen LogP contribution in [0, 0.1) is 5.92 Å². The summed E-state index contributed by atoms with van der Waals surface area (Å²) in [5.74, 6) is 1.91. The molecule has 3 rings (SSSR count). The van der Waals surface area contributed by atoms with Crippen LogP contribution in [-0.4, -0.2) is 30.8 Å². The van der Waals surface area contributed by atoms with Gasteiger partial charge in [-0.15, -0.1) is 0 Å². The van der Waals surface area contributed by atoms with Gasteiger partial charge in [0, 0.05) is 0 Å². The number of anilines is 1. The van der Waals surface area contributed by atoms with Gasteiger partial charge in [-0.2, -0.15) is 0 Å². The van der Waals surface area contributed by atoms with Gasteiger partial charge in [0.15, 0.2) is 5.11 Å². The monoisotopic (exact) mass is 464 g/mol. The number of nitrogens with one attached hydrogen (secondary N) is 2. The Balaban J connectivity index is 1.55. The molecule has 0 aromatic heterocycles. The molecular weight excluding hydrogens is 436 g/mol. The number of carbonyl (C=O) groups excluding carboxylic acids is 1. The average molecular weight is 465 g/mol. The fourth-order valence-electron chi connectivity index (χ4n) is 2.88. The summed E-state index contributed by atoms with van der Waals surface area (Å²) in [6.07, 6.45) is 0. The van der Waals surface area contributed by atoms with E-state index in [0.717, 1.165) is 5.75 Å². The van der Waals surface area contributed by atoms with E-state index >= 15 is 0 Å². The van der Waals surface area contributed by atoms with E-state index in [0.29, 0.717) is 48.5 Å². The van der Waals surface area contributed by atoms with Crippen molar-refractivity contribution in [3.05, 3.63) is 84.4 Å². The van der Waals surface area contributed by atoms with Crippen LogP contribution in [0.15, 0.2) is 78.9 Å². The number of thiocarbonyl (C=S) groups is 1. The molecule has 0 radical (unpaired) electrons. The Morgan fingerprint density at radius 3 is 2.21 bits per heavy atom. The van der Waals surface area contributed by atoms with E-state index in [1.165, 1.54) is 0 Å². The quantitative estimate of drug-likeness (QED) is 0.313. The van der Waals surface area contributed by atoms with Crippen LogP contribution in [0.3, 0.4) is 0 Å². The topological polar surface area (TPSA) is 68.8 Å². The Morgan fingerprint density at radius 2 is 1.45 bits per heavy atom. The molecule has 6 nitrogen and oxygen atoms in total. The van der Waals surface area contributed by atoms with Gasteiger partial charge in [0.2, 0.25) is 0 Å². The molecule has 0 heterocycles. The molecule has 172 valence electrons. The third-order valence-corrected chi connectivity index (χ3v) is 4.62. The van der Waals surface area contributed by atoms with Crippen LogP contribution in [0.5, 0.6) is 17.2 Å². The maximum atomic E-state index is 12.8. The minimum absolute atomic E-state index is 0.169. The first-order valence-electron chi connectivity index (χ1n) is 10.8. The third kappa shape index (κ3) is 7.80. The second-order valence-electron chi connectivity index (χ2n) is 7.62.